The lowest BCUT2D eigenvalue weighted by molar-refractivity contribution is -0.117. The molecular weight excluding hydrogens is 268 g/mol. The fourth-order valence-electron chi connectivity index (χ4n) is 1.80. The van der Waals surface area contributed by atoms with Crippen molar-refractivity contribution in [1.29, 1.82) is 0 Å². The van der Waals surface area contributed by atoms with Crippen LogP contribution >= 0.6 is 15.9 Å². The Labute approximate surface area is 104 Å². The van der Waals surface area contributed by atoms with Gasteiger partial charge in [-0.1, -0.05) is 28.9 Å². The molecule has 0 fully saturated rings. The quantitative estimate of drug-likeness (QED) is 0.895. The van der Waals surface area contributed by atoms with Gasteiger partial charge in [-0.15, -0.1) is 0 Å². The van der Waals surface area contributed by atoms with Crippen molar-refractivity contribution in [2.45, 2.75) is 32.4 Å². The van der Waals surface area contributed by atoms with E-state index in [9.17, 15) is 4.79 Å². The van der Waals surface area contributed by atoms with Crippen molar-refractivity contribution < 1.29 is 4.79 Å². The second-order valence-electron chi connectivity index (χ2n) is 4.13. The number of amides is 1. The summed E-state index contributed by atoms with van der Waals surface area (Å²) < 4.78 is 0.982. The molecule has 1 aromatic rings. The van der Waals surface area contributed by atoms with Gasteiger partial charge in [0.25, 0.3) is 0 Å². The number of nitrogens with one attached hydrogen (secondary N) is 2. The highest BCUT2D eigenvalue weighted by Gasteiger charge is 2.30. The smallest absolute Gasteiger partial charge is 0.246 e. The molecule has 2 unspecified atom stereocenters. The van der Waals surface area contributed by atoms with Crippen LogP contribution in [0.1, 0.15) is 31.9 Å². The maximum atomic E-state index is 11.8. The summed E-state index contributed by atoms with van der Waals surface area (Å²) in [4.78, 5) is 11.8. The van der Waals surface area contributed by atoms with E-state index < -0.39 is 0 Å². The number of hydrogen-bond acceptors (Lipinski definition) is 2. The first kappa shape index (κ1) is 11.6. The molecule has 16 heavy (non-hydrogen) atoms. The molecule has 1 amide bonds. The summed E-state index contributed by atoms with van der Waals surface area (Å²) in [5.74, 6) is 0.0356. The third kappa shape index (κ3) is 2.13. The molecule has 1 aliphatic heterocycles. The van der Waals surface area contributed by atoms with Crippen LogP contribution < -0.4 is 10.6 Å². The molecule has 2 atom stereocenters. The Balaban J connectivity index is 2.26. The number of carbonyl (C=O) groups excluding carboxylic acids is 1. The second kappa shape index (κ2) is 4.55. The predicted octanol–water partition coefficient (Wildman–Crippen LogP) is 2.83. The molecule has 0 saturated carbocycles. The zero-order valence-electron chi connectivity index (χ0n) is 9.38. The molecule has 3 nitrogen and oxygen atoms in total. The van der Waals surface area contributed by atoms with E-state index in [2.05, 4.69) is 40.4 Å². The topological polar surface area (TPSA) is 41.1 Å². The van der Waals surface area contributed by atoms with Crippen molar-refractivity contribution >= 4 is 27.5 Å². The summed E-state index contributed by atoms with van der Waals surface area (Å²) in [6, 6.07) is 6.01. The van der Waals surface area contributed by atoms with Crippen molar-refractivity contribution in [2.75, 3.05) is 5.32 Å². The van der Waals surface area contributed by atoms with Crippen LogP contribution in [-0.2, 0) is 4.79 Å². The number of anilines is 1. The number of fused-ring (bicyclic) bond motifs is 1. The van der Waals surface area contributed by atoms with Gasteiger partial charge in [-0.05, 0) is 25.5 Å². The Bertz CT molecular complexity index is 419. The summed E-state index contributed by atoms with van der Waals surface area (Å²) in [6.45, 7) is 4.19. The third-order valence-electron chi connectivity index (χ3n) is 2.91. The van der Waals surface area contributed by atoms with E-state index in [1.165, 1.54) is 0 Å². The number of halogens is 1. The highest BCUT2D eigenvalue weighted by atomic mass is 79.9. The summed E-state index contributed by atoms with van der Waals surface area (Å²) >= 11 is 3.40. The Morgan fingerprint density at radius 3 is 3.00 bits per heavy atom. The van der Waals surface area contributed by atoms with Crippen LogP contribution in [0.25, 0.3) is 0 Å². The zero-order chi connectivity index (χ0) is 11.7. The lowest BCUT2D eigenvalue weighted by atomic mass is 10.1. The monoisotopic (exact) mass is 282 g/mol. The summed E-state index contributed by atoms with van der Waals surface area (Å²) in [5.41, 5.74) is 1.94. The Hall–Kier alpha value is -0.870. The molecule has 4 heteroatoms. The van der Waals surface area contributed by atoms with Crippen LogP contribution in [0, 0.1) is 0 Å². The maximum Gasteiger partial charge on any atom is 0.246 e. The predicted molar refractivity (Wildman–Crippen MR) is 68.4 cm³/mol. The van der Waals surface area contributed by atoms with Crippen LogP contribution in [0.3, 0.4) is 0 Å². The van der Waals surface area contributed by atoms with Crippen molar-refractivity contribution in [1.82, 2.24) is 5.32 Å². The number of carbonyl (C=O) groups is 1. The number of rotatable bonds is 3. The highest BCUT2D eigenvalue weighted by molar-refractivity contribution is 9.10. The minimum atomic E-state index is -0.210. The molecule has 0 aliphatic carbocycles. The maximum absolute atomic E-state index is 11.8. The molecule has 1 aliphatic rings. The molecular formula is C12H15BrN2O. The van der Waals surface area contributed by atoms with Gasteiger partial charge in [0.05, 0.1) is 0 Å². The van der Waals surface area contributed by atoms with Gasteiger partial charge in [-0.2, -0.15) is 0 Å². The summed E-state index contributed by atoms with van der Waals surface area (Å²) in [6.07, 6.45) is 1.01. The van der Waals surface area contributed by atoms with Gasteiger partial charge >= 0.3 is 0 Å². The van der Waals surface area contributed by atoms with Crippen LogP contribution in [0.15, 0.2) is 22.7 Å². The normalized spacial score (nSPS) is 20.4. The van der Waals surface area contributed by atoms with Crippen molar-refractivity contribution in [3.63, 3.8) is 0 Å². The molecule has 1 heterocycles. The minimum absolute atomic E-state index is 0.0356. The molecule has 0 bridgehead atoms. The van der Waals surface area contributed by atoms with Gasteiger partial charge in [0, 0.05) is 21.8 Å². The lowest BCUT2D eigenvalue weighted by Crippen LogP contribution is -2.34. The van der Waals surface area contributed by atoms with E-state index in [1.54, 1.807) is 0 Å². The fraction of sp³-hybridized carbons (Fsp3) is 0.417. The van der Waals surface area contributed by atoms with Gasteiger partial charge in [-0.25, -0.2) is 0 Å². The SMILES string of the molecule is CCC(C)NC1C(=O)Nc2cc(Br)ccc21. The van der Waals surface area contributed by atoms with E-state index in [0.29, 0.717) is 6.04 Å². The number of benzene rings is 1. The average Bonchev–Trinajstić information content (AvgIpc) is 2.54. The van der Waals surface area contributed by atoms with E-state index >= 15 is 0 Å². The molecule has 86 valence electrons. The Morgan fingerprint density at radius 1 is 1.56 bits per heavy atom. The van der Waals surface area contributed by atoms with Crippen molar-refractivity contribution in [3.05, 3.63) is 28.2 Å². The molecule has 1 aromatic carbocycles. The largest absolute Gasteiger partial charge is 0.324 e. The molecule has 0 spiro atoms. The molecule has 2 rings (SSSR count). The Kier molecular flexibility index (Phi) is 3.30. The molecule has 0 aromatic heterocycles. The molecule has 0 saturated heterocycles. The molecule has 0 radical (unpaired) electrons. The standard InChI is InChI=1S/C12H15BrN2O/c1-3-7(2)14-11-9-5-4-8(13)6-10(9)15-12(11)16/h4-7,11,14H,3H2,1-2H3,(H,15,16). The van der Waals surface area contributed by atoms with Gasteiger partial charge in [0.15, 0.2) is 0 Å². The van der Waals surface area contributed by atoms with Crippen molar-refractivity contribution in [3.8, 4) is 0 Å². The first-order chi connectivity index (χ1) is 7.61. The first-order valence-electron chi connectivity index (χ1n) is 5.48. The minimum Gasteiger partial charge on any atom is -0.324 e. The van der Waals surface area contributed by atoms with Crippen LogP contribution in [0.2, 0.25) is 0 Å². The second-order valence-corrected chi connectivity index (χ2v) is 5.05. The van der Waals surface area contributed by atoms with Gasteiger partial charge in [-0.3, -0.25) is 10.1 Å². The van der Waals surface area contributed by atoms with Crippen LogP contribution in [0.5, 0.6) is 0 Å². The molecule has 2 N–H and O–H groups in total. The van der Waals surface area contributed by atoms with Gasteiger partial charge in [0.2, 0.25) is 5.91 Å². The third-order valence-corrected chi connectivity index (χ3v) is 3.40. The van der Waals surface area contributed by atoms with Crippen molar-refractivity contribution in [2.24, 2.45) is 0 Å². The van der Waals surface area contributed by atoms with Gasteiger partial charge < -0.3 is 5.32 Å². The fourth-order valence-corrected chi connectivity index (χ4v) is 2.16. The Morgan fingerprint density at radius 2 is 2.31 bits per heavy atom. The van der Waals surface area contributed by atoms with E-state index in [4.69, 9.17) is 0 Å². The van der Waals surface area contributed by atoms with Gasteiger partial charge in [0.1, 0.15) is 6.04 Å². The zero-order valence-corrected chi connectivity index (χ0v) is 11.0. The van der Waals surface area contributed by atoms with E-state index in [-0.39, 0.29) is 11.9 Å². The van der Waals surface area contributed by atoms with Crippen LogP contribution in [0.4, 0.5) is 5.69 Å². The first-order valence-corrected chi connectivity index (χ1v) is 6.27. The van der Waals surface area contributed by atoms with E-state index in [0.717, 1.165) is 22.1 Å². The lowest BCUT2D eigenvalue weighted by Gasteiger charge is -2.16. The summed E-state index contributed by atoms with van der Waals surface area (Å²) in [7, 11) is 0. The highest BCUT2D eigenvalue weighted by Crippen LogP contribution is 2.33. The number of hydrogen-bond donors (Lipinski definition) is 2. The van der Waals surface area contributed by atoms with Crippen LogP contribution in [-0.4, -0.2) is 11.9 Å². The van der Waals surface area contributed by atoms with E-state index in [1.807, 2.05) is 18.2 Å². The average molecular weight is 283 g/mol. The summed E-state index contributed by atoms with van der Waals surface area (Å²) in [5, 5.41) is 6.21.